The molecule has 0 spiro atoms. The monoisotopic (exact) mass is 257 g/mol. The Balaban J connectivity index is 2.07. The minimum Gasteiger partial charge on any atom is -0.395 e. The van der Waals surface area contributed by atoms with Crippen molar-refractivity contribution in [2.24, 2.45) is 11.8 Å². The van der Waals surface area contributed by atoms with E-state index in [2.05, 4.69) is 17.2 Å². The number of carbonyl (C=O) groups is 1. The molecule has 0 bridgehead atoms. The van der Waals surface area contributed by atoms with Crippen LogP contribution in [0.5, 0.6) is 0 Å². The highest BCUT2D eigenvalue weighted by molar-refractivity contribution is 5.94. The van der Waals surface area contributed by atoms with E-state index in [9.17, 15) is 4.79 Å². The molecule has 19 heavy (non-hydrogen) atoms. The highest BCUT2D eigenvalue weighted by Gasteiger charge is 2.32. The molecule has 0 aliphatic heterocycles. The number of aliphatic hydroxyl groups is 1. The normalized spacial score (nSPS) is 15.3. The summed E-state index contributed by atoms with van der Waals surface area (Å²) in [4.78, 5) is 12.1. The molecule has 2 N–H and O–H groups in total. The predicted molar refractivity (Wildman–Crippen MR) is 75.5 cm³/mol. The number of para-hydroxylation sites is 1. The van der Waals surface area contributed by atoms with Crippen molar-refractivity contribution in [1.29, 1.82) is 0 Å². The van der Waals surface area contributed by atoms with Crippen LogP contribution in [0.15, 0.2) is 24.3 Å². The predicted octanol–water partition coefficient (Wildman–Crippen LogP) is 2.41. The van der Waals surface area contributed by atoms with Gasteiger partial charge < -0.3 is 10.4 Å². The van der Waals surface area contributed by atoms with Crippen molar-refractivity contribution in [3.05, 3.63) is 29.8 Å². The van der Waals surface area contributed by atoms with Crippen LogP contribution in [0.2, 0.25) is 0 Å². The van der Waals surface area contributed by atoms with Crippen molar-refractivity contribution in [2.45, 2.75) is 26.2 Å². The average molecular weight is 257 g/mol. The lowest BCUT2D eigenvalue weighted by molar-refractivity contribution is -0.119. The first kappa shape index (κ1) is 13.6. The zero-order valence-corrected chi connectivity index (χ0v) is 11.1. The number of hydrogen-bond donors (Lipinski definition) is 2. The summed E-state index contributed by atoms with van der Waals surface area (Å²) in [6.07, 6.45) is 2.76. The first-order valence-electron chi connectivity index (χ1n) is 6.72. The Kier molecular flexibility index (Phi) is 4.59. The van der Waals surface area contributed by atoms with Crippen molar-refractivity contribution >= 4 is 11.6 Å². The maximum absolute atomic E-state index is 12.1. The van der Waals surface area contributed by atoms with Crippen LogP contribution >= 0.6 is 0 Å². The van der Waals surface area contributed by atoms with Gasteiger partial charge in [0.15, 0.2) is 0 Å². The summed E-state index contributed by atoms with van der Waals surface area (Å²) in [5, 5.41) is 11.7. The maximum Gasteiger partial charge on any atom is 0.227 e. The molecule has 0 radical (unpaired) electrons. The molecule has 1 aromatic carbocycles. The Morgan fingerprint density at radius 2 is 2.21 bits per heavy atom. The number of benzene rings is 1. The number of aliphatic hydroxyl groups excluding tert-OH is 1. The Labute approximate surface area is 114 Å². The summed E-state index contributed by atoms with van der Waals surface area (Å²) >= 11 is 0. The van der Waals surface area contributed by atoms with Crippen LogP contribution in [-0.2, 0) is 4.79 Å². The van der Waals surface area contributed by atoms with E-state index in [1.54, 1.807) is 0 Å². The standard InChI is InChI=1S/C16H19NO2/c1-12(13-9-10-13)16(19)17-15-8-3-2-6-14(15)7-4-5-11-18/h2-3,6,8,12-13,18H,5,9-11H2,1H3,(H,17,19). The summed E-state index contributed by atoms with van der Waals surface area (Å²) in [5.74, 6) is 6.54. The first-order valence-corrected chi connectivity index (χ1v) is 6.72. The van der Waals surface area contributed by atoms with E-state index in [4.69, 9.17) is 5.11 Å². The van der Waals surface area contributed by atoms with Crippen molar-refractivity contribution in [3.8, 4) is 11.8 Å². The fourth-order valence-corrected chi connectivity index (χ4v) is 1.97. The second kappa shape index (κ2) is 6.40. The van der Waals surface area contributed by atoms with Crippen LogP contribution in [0.3, 0.4) is 0 Å². The lowest BCUT2D eigenvalue weighted by atomic mass is 10.1. The molecule has 1 atom stereocenters. The van der Waals surface area contributed by atoms with Gasteiger partial charge in [0, 0.05) is 17.9 Å². The van der Waals surface area contributed by atoms with Crippen molar-refractivity contribution < 1.29 is 9.90 Å². The summed E-state index contributed by atoms with van der Waals surface area (Å²) in [6, 6.07) is 7.51. The zero-order valence-electron chi connectivity index (χ0n) is 11.1. The van der Waals surface area contributed by atoms with E-state index in [1.165, 1.54) is 0 Å². The Morgan fingerprint density at radius 3 is 2.89 bits per heavy atom. The molecule has 3 nitrogen and oxygen atoms in total. The van der Waals surface area contributed by atoms with Gasteiger partial charge in [0.2, 0.25) is 5.91 Å². The van der Waals surface area contributed by atoms with E-state index in [0.717, 1.165) is 24.1 Å². The molecule has 1 aromatic rings. The Morgan fingerprint density at radius 1 is 1.47 bits per heavy atom. The summed E-state index contributed by atoms with van der Waals surface area (Å²) in [5.41, 5.74) is 1.55. The fourth-order valence-electron chi connectivity index (χ4n) is 1.97. The van der Waals surface area contributed by atoms with Gasteiger partial charge >= 0.3 is 0 Å². The highest BCUT2D eigenvalue weighted by Crippen LogP contribution is 2.37. The smallest absolute Gasteiger partial charge is 0.227 e. The second-order valence-corrected chi connectivity index (χ2v) is 4.94. The molecule has 2 rings (SSSR count). The third kappa shape index (κ3) is 3.84. The van der Waals surface area contributed by atoms with Gasteiger partial charge in [-0.1, -0.05) is 30.9 Å². The molecular weight excluding hydrogens is 238 g/mol. The van der Waals surface area contributed by atoms with Crippen LogP contribution in [0.4, 0.5) is 5.69 Å². The van der Waals surface area contributed by atoms with Crippen molar-refractivity contribution in [1.82, 2.24) is 0 Å². The van der Waals surface area contributed by atoms with E-state index < -0.39 is 0 Å². The topological polar surface area (TPSA) is 49.3 Å². The zero-order chi connectivity index (χ0) is 13.7. The molecule has 100 valence electrons. The van der Waals surface area contributed by atoms with Crippen LogP contribution in [-0.4, -0.2) is 17.6 Å². The van der Waals surface area contributed by atoms with Crippen LogP contribution in [0.1, 0.15) is 31.7 Å². The SMILES string of the molecule is CC(C(=O)Nc1ccccc1C#CCCO)C1CC1. The molecule has 3 heteroatoms. The highest BCUT2D eigenvalue weighted by atomic mass is 16.2. The van der Waals surface area contributed by atoms with E-state index in [-0.39, 0.29) is 18.4 Å². The third-order valence-corrected chi connectivity index (χ3v) is 3.39. The van der Waals surface area contributed by atoms with Gasteiger partial charge in [0.25, 0.3) is 0 Å². The van der Waals surface area contributed by atoms with Gasteiger partial charge in [-0.15, -0.1) is 0 Å². The van der Waals surface area contributed by atoms with Gasteiger partial charge in [-0.05, 0) is 30.9 Å². The van der Waals surface area contributed by atoms with Gasteiger partial charge in [0.05, 0.1) is 12.3 Å². The van der Waals surface area contributed by atoms with Crippen LogP contribution in [0.25, 0.3) is 0 Å². The quantitative estimate of drug-likeness (QED) is 0.814. The molecule has 0 saturated heterocycles. The largest absolute Gasteiger partial charge is 0.395 e. The molecule has 1 amide bonds. The van der Waals surface area contributed by atoms with Crippen LogP contribution < -0.4 is 5.32 Å². The molecule has 1 unspecified atom stereocenters. The van der Waals surface area contributed by atoms with E-state index in [1.807, 2.05) is 31.2 Å². The summed E-state index contributed by atoms with van der Waals surface area (Å²) < 4.78 is 0. The number of anilines is 1. The number of nitrogens with one attached hydrogen (secondary N) is 1. The summed E-state index contributed by atoms with van der Waals surface area (Å²) in [6.45, 7) is 2.04. The number of carbonyl (C=O) groups excluding carboxylic acids is 1. The lowest BCUT2D eigenvalue weighted by Gasteiger charge is -2.12. The van der Waals surface area contributed by atoms with E-state index >= 15 is 0 Å². The molecule has 1 fully saturated rings. The van der Waals surface area contributed by atoms with Gasteiger partial charge in [-0.3, -0.25) is 4.79 Å². The maximum atomic E-state index is 12.1. The summed E-state index contributed by atoms with van der Waals surface area (Å²) in [7, 11) is 0. The number of rotatable bonds is 4. The number of hydrogen-bond acceptors (Lipinski definition) is 2. The molecule has 1 aliphatic carbocycles. The number of amides is 1. The Hall–Kier alpha value is -1.79. The van der Waals surface area contributed by atoms with E-state index in [0.29, 0.717) is 12.3 Å². The van der Waals surface area contributed by atoms with Gasteiger partial charge in [-0.25, -0.2) is 0 Å². The molecule has 0 heterocycles. The minimum absolute atomic E-state index is 0.0558. The molecule has 1 aliphatic rings. The van der Waals surface area contributed by atoms with Crippen LogP contribution in [0, 0.1) is 23.7 Å². The fraction of sp³-hybridized carbons (Fsp3) is 0.438. The minimum atomic E-state index is 0.0558. The molecule has 0 aromatic heterocycles. The van der Waals surface area contributed by atoms with Gasteiger partial charge in [0.1, 0.15) is 0 Å². The second-order valence-electron chi connectivity index (χ2n) is 4.94. The Bertz CT molecular complexity index is 509. The average Bonchev–Trinajstić information content (AvgIpc) is 3.24. The van der Waals surface area contributed by atoms with Crippen molar-refractivity contribution in [3.63, 3.8) is 0 Å². The van der Waals surface area contributed by atoms with Gasteiger partial charge in [-0.2, -0.15) is 0 Å². The van der Waals surface area contributed by atoms with Crippen molar-refractivity contribution in [2.75, 3.05) is 11.9 Å². The lowest BCUT2D eigenvalue weighted by Crippen LogP contribution is -2.22. The molecule has 1 saturated carbocycles. The third-order valence-electron chi connectivity index (χ3n) is 3.39. The first-order chi connectivity index (χ1) is 9.22. The molecular formula is C16H19NO2.